The van der Waals surface area contributed by atoms with Gasteiger partial charge in [-0.15, -0.1) is 0 Å². The molecule has 1 aliphatic carbocycles. The second kappa shape index (κ2) is 9.97. The van der Waals surface area contributed by atoms with Gasteiger partial charge < -0.3 is 19.8 Å². The Kier molecular flexibility index (Phi) is 7.38. The Bertz CT molecular complexity index is 560. The number of rotatable bonds is 6. The van der Waals surface area contributed by atoms with E-state index in [1.807, 2.05) is 13.0 Å². The fraction of sp³-hybridized carbons (Fsp3) is 0.750. The van der Waals surface area contributed by atoms with Crippen LogP contribution >= 0.6 is 0 Å². The van der Waals surface area contributed by atoms with Gasteiger partial charge in [0.1, 0.15) is 11.5 Å². The van der Waals surface area contributed by atoms with Crippen molar-refractivity contribution in [3.8, 4) is 0 Å². The smallest absolute Gasteiger partial charge is 0.191 e. The van der Waals surface area contributed by atoms with Gasteiger partial charge in [-0.2, -0.15) is 0 Å². The highest BCUT2D eigenvalue weighted by atomic mass is 16.5. The third-order valence-electron chi connectivity index (χ3n) is 5.29. The topological polar surface area (TPSA) is 62.0 Å². The summed E-state index contributed by atoms with van der Waals surface area (Å²) in [6, 6.07) is 4.84. The molecule has 1 aliphatic heterocycles. The SMILES string of the molecule is CCNC(=NCC(c1ccc(C)o1)N1CCOCC1)NC1CCCCC1. The van der Waals surface area contributed by atoms with Crippen molar-refractivity contribution in [2.24, 2.45) is 4.99 Å². The highest BCUT2D eigenvalue weighted by Gasteiger charge is 2.25. The van der Waals surface area contributed by atoms with E-state index in [1.165, 1.54) is 32.1 Å². The molecule has 1 saturated heterocycles. The maximum absolute atomic E-state index is 5.95. The van der Waals surface area contributed by atoms with Crippen LogP contribution in [0.5, 0.6) is 0 Å². The lowest BCUT2D eigenvalue weighted by molar-refractivity contribution is 0.0135. The van der Waals surface area contributed by atoms with Gasteiger partial charge in [0.2, 0.25) is 0 Å². The molecule has 1 aromatic heterocycles. The molecule has 1 unspecified atom stereocenters. The van der Waals surface area contributed by atoms with Gasteiger partial charge in [0.25, 0.3) is 0 Å². The van der Waals surface area contributed by atoms with Crippen LogP contribution in [0.3, 0.4) is 0 Å². The molecule has 146 valence electrons. The van der Waals surface area contributed by atoms with E-state index in [1.54, 1.807) is 0 Å². The number of furan rings is 1. The molecule has 26 heavy (non-hydrogen) atoms. The molecule has 2 N–H and O–H groups in total. The summed E-state index contributed by atoms with van der Waals surface area (Å²) in [4.78, 5) is 7.35. The molecule has 6 heteroatoms. The van der Waals surface area contributed by atoms with Crippen LogP contribution in [0.4, 0.5) is 0 Å². The molecule has 0 aromatic carbocycles. The van der Waals surface area contributed by atoms with Crippen molar-refractivity contribution in [2.75, 3.05) is 39.4 Å². The maximum Gasteiger partial charge on any atom is 0.191 e. The number of hydrogen-bond acceptors (Lipinski definition) is 4. The number of guanidine groups is 1. The quantitative estimate of drug-likeness (QED) is 0.602. The van der Waals surface area contributed by atoms with Crippen molar-refractivity contribution < 1.29 is 9.15 Å². The first kappa shape index (κ1) is 19.2. The molecule has 6 nitrogen and oxygen atoms in total. The molecular weight excluding hydrogens is 328 g/mol. The normalized spacial score (nSPS) is 21.5. The van der Waals surface area contributed by atoms with Gasteiger partial charge in [0.05, 0.1) is 25.8 Å². The van der Waals surface area contributed by atoms with Crippen molar-refractivity contribution in [1.29, 1.82) is 0 Å². The van der Waals surface area contributed by atoms with Gasteiger partial charge in [-0.1, -0.05) is 19.3 Å². The number of nitrogens with zero attached hydrogens (tertiary/aromatic N) is 2. The average molecular weight is 363 g/mol. The van der Waals surface area contributed by atoms with E-state index in [0.717, 1.165) is 50.3 Å². The number of ether oxygens (including phenoxy) is 1. The molecule has 2 heterocycles. The van der Waals surface area contributed by atoms with Gasteiger partial charge in [-0.3, -0.25) is 9.89 Å². The van der Waals surface area contributed by atoms with E-state index in [0.29, 0.717) is 12.6 Å². The summed E-state index contributed by atoms with van der Waals surface area (Å²) in [5.74, 6) is 2.89. The lowest BCUT2D eigenvalue weighted by Gasteiger charge is -2.32. The molecule has 1 atom stereocenters. The van der Waals surface area contributed by atoms with Gasteiger partial charge in [-0.25, -0.2) is 0 Å². The zero-order valence-corrected chi connectivity index (χ0v) is 16.3. The summed E-state index contributed by atoms with van der Waals surface area (Å²) in [6.45, 7) is 9.08. The number of aliphatic imine (C=N–C) groups is 1. The fourth-order valence-corrected chi connectivity index (χ4v) is 3.85. The predicted octanol–water partition coefficient (Wildman–Crippen LogP) is 2.85. The van der Waals surface area contributed by atoms with E-state index in [2.05, 4.69) is 28.5 Å². The molecule has 1 aromatic rings. The Labute approximate surface area is 157 Å². The summed E-state index contributed by atoms with van der Waals surface area (Å²) < 4.78 is 11.5. The van der Waals surface area contributed by atoms with E-state index in [-0.39, 0.29) is 6.04 Å². The van der Waals surface area contributed by atoms with Crippen molar-refractivity contribution in [3.05, 3.63) is 23.7 Å². The fourth-order valence-electron chi connectivity index (χ4n) is 3.85. The third-order valence-corrected chi connectivity index (χ3v) is 5.29. The summed E-state index contributed by atoms with van der Waals surface area (Å²) in [7, 11) is 0. The number of morpholine rings is 1. The molecule has 2 fully saturated rings. The Hall–Kier alpha value is -1.53. The van der Waals surface area contributed by atoms with Crippen LogP contribution in [0.15, 0.2) is 21.5 Å². The average Bonchev–Trinajstić information content (AvgIpc) is 3.10. The minimum absolute atomic E-state index is 0.161. The lowest BCUT2D eigenvalue weighted by atomic mass is 9.96. The molecular formula is C20H34N4O2. The third kappa shape index (κ3) is 5.48. The summed E-state index contributed by atoms with van der Waals surface area (Å²) in [6.07, 6.45) is 6.49. The van der Waals surface area contributed by atoms with Crippen LogP contribution in [0.25, 0.3) is 0 Å². The molecule has 0 amide bonds. The van der Waals surface area contributed by atoms with E-state index < -0.39 is 0 Å². The van der Waals surface area contributed by atoms with Crippen LogP contribution in [0.2, 0.25) is 0 Å². The Morgan fingerprint density at radius 2 is 2.00 bits per heavy atom. The Morgan fingerprint density at radius 1 is 1.23 bits per heavy atom. The molecule has 3 rings (SSSR count). The number of aryl methyl sites for hydroxylation is 1. The van der Waals surface area contributed by atoms with Crippen molar-refractivity contribution in [1.82, 2.24) is 15.5 Å². The second-order valence-corrected chi connectivity index (χ2v) is 7.31. The maximum atomic E-state index is 5.95. The first-order valence-corrected chi connectivity index (χ1v) is 10.2. The largest absolute Gasteiger partial charge is 0.465 e. The van der Waals surface area contributed by atoms with E-state index in [9.17, 15) is 0 Å². The summed E-state index contributed by atoms with van der Waals surface area (Å²) in [5.41, 5.74) is 0. The molecule has 0 spiro atoms. The zero-order valence-electron chi connectivity index (χ0n) is 16.3. The first-order valence-electron chi connectivity index (χ1n) is 10.2. The van der Waals surface area contributed by atoms with Crippen molar-refractivity contribution >= 4 is 5.96 Å². The highest BCUT2D eigenvalue weighted by Crippen LogP contribution is 2.24. The molecule has 0 radical (unpaired) electrons. The van der Waals surface area contributed by atoms with Gasteiger partial charge in [0.15, 0.2) is 5.96 Å². The summed E-state index contributed by atoms with van der Waals surface area (Å²) in [5, 5.41) is 7.05. The highest BCUT2D eigenvalue weighted by molar-refractivity contribution is 5.80. The second-order valence-electron chi connectivity index (χ2n) is 7.31. The molecule has 2 aliphatic rings. The van der Waals surface area contributed by atoms with E-state index in [4.69, 9.17) is 14.1 Å². The van der Waals surface area contributed by atoms with Crippen LogP contribution in [-0.4, -0.2) is 56.3 Å². The monoisotopic (exact) mass is 362 g/mol. The Balaban J connectivity index is 1.69. The van der Waals surface area contributed by atoms with Crippen LogP contribution in [-0.2, 0) is 4.74 Å². The van der Waals surface area contributed by atoms with Crippen LogP contribution in [0.1, 0.15) is 56.6 Å². The zero-order chi connectivity index (χ0) is 18.2. The van der Waals surface area contributed by atoms with Gasteiger partial charge in [0, 0.05) is 25.7 Å². The lowest BCUT2D eigenvalue weighted by Crippen LogP contribution is -2.45. The molecule has 1 saturated carbocycles. The number of hydrogen-bond donors (Lipinski definition) is 2. The minimum atomic E-state index is 0.161. The predicted molar refractivity (Wildman–Crippen MR) is 105 cm³/mol. The van der Waals surface area contributed by atoms with Crippen LogP contribution in [0, 0.1) is 6.92 Å². The summed E-state index contributed by atoms with van der Waals surface area (Å²) >= 11 is 0. The molecule has 0 bridgehead atoms. The van der Waals surface area contributed by atoms with Gasteiger partial charge in [-0.05, 0) is 38.8 Å². The van der Waals surface area contributed by atoms with Gasteiger partial charge >= 0.3 is 0 Å². The Morgan fingerprint density at radius 3 is 2.65 bits per heavy atom. The first-order chi connectivity index (χ1) is 12.8. The van der Waals surface area contributed by atoms with E-state index >= 15 is 0 Å². The van der Waals surface area contributed by atoms with Crippen molar-refractivity contribution in [3.63, 3.8) is 0 Å². The minimum Gasteiger partial charge on any atom is -0.465 e. The van der Waals surface area contributed by atoms with Crippen molar-refractivity contribution in [2.45, 2.75) is 58.0 Å². The standard InChI is InChI=1S/C20H34N4O2/c1-3-21-20(23-17-7-5-4-6-8-17)22-15-18(19-10-9-16(2)26-19)24-11-13-25-14-12-24/h9-10,17-18H,3-8,11-15H2,1-2H3,(H2,21,22,23). The number of nitrogens with one attached hydrogen (secondary N) is 2. The van der Waals surface area contributed by atoms with Crippen LogP contribution < -0.4 is 10.6 Å².